The van der Waals surface area contributed by atoms with Crippen LogP contribution < -0.4 is 4.90 Å². The first-order chi connectivity index (χ1) is 12.5. The molecule has 1 fully saturated rings. The van der Waals surface area contributed by atoms with E-state index in [9.17, 15) is 9.90 Å². The summed E-state index contributed by atoms with van der Waals surface area (Å²) >= 11 is 7.49. The van der Waals surface area contributed by atoms with Crippen LogP contribution in [0.1, 0.15) is 23.1 Å². The monoisotopic (exact) mass is 395 g/mol. The lowest BCUT2D eigenvalue weighted by molar-refractivity contribution is 0.0690. The molecule has 0 radical (unpaired) electrons. The van der Waals surface area contributed by atoms with E-state index in [4.69, 9.17) is 21.1 Å². The molecule has 0 atom stereocenters. The Balaban J connectivity index is 1.76. The van der Waals surface area contributed by atoms with Gasteiger partial charge in [0.1, 0.15) is 17.7 Å². The molecule has 0 amide bonds. The number of halogens is 1. The molecule has 0 unspecified atom stereocenters. The number of β-amino-alcohol motifs (C(OH)–C–C–N with tert-alkyl or cyclic N) is 1. The van der Waals surface area contributed by atoms with Crippen LogP contribution in [0.4, 0.5) is 5.82 Å². The zero-order valence-corrected chi connectivity index (χ0v) is 15.1. The normalized spacial score (nSPS) is 14.8. The van der Waals surface area contributed by atoms with Crippen LogP contribution in [-0.4, -0.2) is 55.3 Å². The number of rotatable bonds is 5. The minimum Gasteiger partial charge on any atom is -0.476 e. The van der Waals surface area contributed by atoms with Crippen LogP contribution in [0.5, 0.6) is 0 Å². The van der Waals surface area contributed by atoms with E-state index in [2.05, 4.69) is 19.9 Å². The van der Waals surface area contributed by atoms with Crippen molar-refractivity contribution in [2.75, 3.05) is 18.0 Å². The average molecular weight is 396 g/mol. The number of carboxylic acids is 1. The number of aliphatic hydroxyl groups excluding tert-OH is 1. The molecule has 0 saturated carbocycles. The molecule has 1 aliphatic heterocycles. The molecule has 3 aromatic rings. The highest BCUT2D eigenvalue weighted by atomic mass is 35.5. The summed E-state index contributed by atoms with van der Waals surface area (Å²) in [6.07, 6.45) is 1.38. The fourth-order valence-corrected chi connectivity index (χ4v) is 3.72. The van der Waals surface area contributed by atoms with Crippen molar-refractivity contribution in [3.05, 3.63) is 22.7 Å². The van der Waals surface area contributed by atoms with Crippen molar-refractivity contribution in [2.45, 2.75) is 29.8 Å². The molecule has 0 aliphatic carbocycles. The lowest BCUT2D eigenvalue weighted by Gasteiger charge is -2.37. The number of oxazole rings is 1. The van der Waals surface area contributed by atoms with Gasteiger partial charge in [-0.1, -0.05) is 18.5 Å². The van der Waals surface area contributed by atoms with Gasteiger partial charge in [0, 0.05) is 30.5 Å². The molecule has 11 heteroatoms. The molecule has 0 aromatic carbocycles. The van der Waals surface area contributed by atoms with E-state index in [0.29, 0.717) is 46.5 Å². The number of aliphatic hydroxyl groups is 1. The van der Waals surface area contributed by atoms with E-state index in [0.717, 1.165) is 23.7 Å². The second-order valence-corrected chi connectivity index (χ2v) is 7.09. The van der Waals surface area contributed by atoms with Gasteiger partial charge in [-0.15, -0.1) is 0 Å². The van der Waals surface area contributed by atoms with Crippen LogP contribution in [0.2, 0.25) is 5.02 Å². The Morgan fingerprint density at radius 1 is 1.46 bits per heavy atom. The molecule has 0 spiro atoms. The molecular formula is C15H14ClN5O4S. The van der Waals surface area contributed by atoms with Gasteiger partial charge in [-0.05, 0) is 6.42 Å². The van der Waals surface area contributed by atoms with E-state index in [1.807, 2.05) is 11.8 Å². The van der Waals surface area contributed by atoms with Crippen LogP contribution in [0, 0.1) is 0 Å². The Hall–Kier alpha value is -2.30. The molecule has 4 rings (SSSR count). The molecule has 1 saturated heterocycles. The number of hydrogen-bond donors (Lipinski definition) is 3. The van der Waals surface area contributed by atoms with Crippen molar-refractivity contribution in [3.8, 4) is 0 Å². The highest BCUT2D eigenvalue weighted by Crippen LogP contribution is 2.37. The Bertz CT molecular complexity index is 997. The van der Waals surface area contributed by atoms with Crippen molar-refractivity contribution < 1.29 is 19.4 Å². The highest BCUT2D eigenvalue weighted by Gasteiger charge is 2.30. The van der Waals surface area contributed by atoms with Crippen molar-refractivity contribution in [1.29, 1.82) is 0 Å². The quantitative estimate of drug-likeness (QED) is 0.556. The van der Waals surface area contributed by atoms with Gasteiger partial charge in [-0.25, -0.2) is 14.8 Å². The van der Waals surface area contributed by atoms with Gasteiger partial charge in [0.05, 0.1) is 16.5 Å². The van der Waals surface area contributed by atoms with Crippen LogP contribution in [-0.2, 0) is 6.42 Å². The fourth-order valence-electron chi connectivity index (χ4n) is 2.70. The van der Waals surface area contributed by atoms with Crippen molar-refractivity contribution in [2.24, 2.45) is 0 Å². The van der Waals surface area contributed by atoms with Crippen LogP contribution in [0.25, 0.3) is 11.0 Å². The van der Waals surface area contributed by atoms with E-state index >= 15 is 0 Å². The molecule has 1 aliphatic rings. The Morgan fingerprint density at radius 2 is 2.23 bits per heavy atom. The van der Waals surface area contributed by atoms with Gasteiger partial charge in [-0.2, -0.15) is 4.98 Å². The first-order valence-corrected chi connectivity index (χ1v) is 9.03. The number of anilines is 1. The number of carbonyl (C=O) groups is 1. The Morgan fingerprint density at radius 3 is 2.85 bits per heavy atom. The molecule has 4 heterocycles. The molecule has 3 N–H and O–H groups in total. The maximum Gasteiger partial charge on any atom is 0.357 e. The molecule has 3 aromatic heterocycles. The van der Waals surface area contributed by atoms with E-state index in [1.165, 1.54) is 0 Å². The predicted molar refractivity (Wildman–Crippen MR) is 94.1 cm³/mol. The van der Waals surface area contributed by atoms with Crippen LogP contribution in [0.3, 0.4) is 0 Å². The second-order valence-electron chi connectivity index (χ2n) is 5.79. The van der Waals surface area contributed by atoms with Gasteiger partial charge in [0.15, 0.2) is 5.69 Å². The van der Waals surface area contributed by atoms with Gasteiger partial charge in [-0.3, -0.25) is 0 Å². The minimum absolute atomic E-state index is 0.129. The molecule has 136 valence electrons. The summed E-state index contributed by atoms with van der Waals surface area (Å²) in [6, 6.07) is 0. The predicted octanol–water partition coefficient (Wildman–Crippen LogP) is 2.19. The molecule has 26 heavy (non-hydrogen) atoms. The molecule has 0 bridgehead atoms. The summed E-state index contributed by atoms with van der Waals surface area (Å²) in [4.78, 5) is 28.9. The number of aromatic amines is 1. The summed E-state index contributed by atoms with van der Waals surface area (Å²) in [5.74, 6) is -0.551. The number of aromatic carboxylic acids is 1. The van der Waals surface area contributed by atoms with Crippen molar-refractivity contribution in [3.63, 3.8) is 0 Å². The molecule has 9 nitrogen and oxygen atoms in total. The van der Waals surface area contributed by atoms with Crippen LogP contribution in [0.15, 0.2) is 21.1 Å². The summed E-state index contributed by atoms with van der Waals surface area (Å²) in [5.41, 5.74) is 1.24. The second kappa shape index (κ2) is 6.45. The number of nitrogens with zero attached hydrogens (tertiary/aromatic N) is 4. The lowest BCUT2D eigenvalue weighted by Crippen LogP contribution is -2.51. The number of nitrogens with one attached hydrogen (secondary N) is 1. The topological polar surface area (TPSA) is 128 Å². The zero-order chi connectivity index (χ0) is 18.4. The number of aryl methyl sites for hydroxylation is 1. The van der Waals surface area contributed by atoms with Gasteiger partial charge in [0.25, 0.3) is 5.22 Å². The third-order valence-corrected chi connectivity index (χ3v) is 5.16. The maximum atomic E-state index is 10.9. The van der Waals surface area contributed by atoms with Crippen molar-refractivity contribution >= 4 is 46.2 Å². The van der Waals surface area contributed by atoms with Gasteiger partial charge in [0.2, 0.25) is 5.16 Å². The third kappa shape index (κ3) is 2.89. The van der Waals surface area contributed by atoms with Gasteiger partial charge >= 0.3 is 5.97 Å². The standard InChI is InChI=1S/C15H14ClN5O4S/c1-2-7-10(16)9-11(17-7)19-14(20-12(9)21-3-6(22)4-21)26-15-18-8(5-25-15)13(23)24/h5-6,22H,2-4H2,1H3,(H,23,24)(H,17,19,20). The first-order valence-electron chi connectivity index (χ1n) is 7.84. The Kier molecular flexibility index (Phi) is 4.25. The minimum atomic E-state index is -1.17. The Labute approximate surface area is 156 Å². The zero-order valence-electron chi connectivity index (χ0n) is 13.6. The number of carboxylic acid groups (broad SMARTS) is 1. The lowest BCUT2D eigenvalue weighted by atomic mass is 10.1. The number of fused-ring (bicyclic) bond motifs is 1. The van der Waals surface area contributed by atoms with E-state index in [1.54, 1.807) is 0 Å². The SMILES string of the molecule is CCc1[nH]c2nc(Sc3nc(C(=O)O)co3)nc(N3CC(O)C3)c2c1Cl. The third-order valence-electron chi connectivity index (χ3n) is 4.02. The van der Waals surface area contributed by atoms with Crippen molar-refractivity contribution in [1.82, 2.24) is 19.9 Å². The highest BCUT2D eigenvalue weighted by molar-refractivity contribution is 7.98. The summed E-state index contributed by atoms with van der Waals surface area (Å²) in [5, 5.41) is 20.3. The molecular weight excluding hydrogens is 382 g/mol. The summed E-state index contributed by atoms with van der Waals surface area (Å²) < 4.78 is 5.15. The summed E-state index contributed by atoms with van der Waals surface area (Å²) in [7, 11) is 0. The van der Waals surface area contributed by atoms with Gasteiger partial charge < -0.3 is 24.5 Å². The fraction of sp³-hybridized carbons (Fsp3) is 0.333. The smallest absolute Gasteiger partial charge is 0.357 e. The largest absolute Gasteiger partial charge is 0.476 e. The first kappa shape index (κ1) is 17.1. The number of aromatic nitrogens is 4. The van der Waals surface area contributed by atoms with E-state index < -0.39 is 12.1 Å². The summed E-state index contributed by atoms with van der Waals surface area (Å²) in [6.45, 7) is 2.90. The number of H-pyrrole nitrogens is 1. The average Bonchev–Trinajstić information content (AvgIpc) is 3.16. The number of hydrogen-bond acceptors (Lipinski definition) is 8. The van der Waals surface area contributed by atoms with Crippen LogP contribution >= 0.6 is 23.4 Å². The van der Waals surface area contributed by atoms with E-state index in [-0.39, 0.29) is 10.9 Å². The maximum absolute atomic E-state index is 10.9.